The highest BCUT2D eigenvalue weighted by molar-refractivity contribution is 14.0. The van der Waals surface area contributed by atoms with Gasteiger partial charge in [-0.2, -0.15) is 0 Å². The number of hydrogen-bond acceptors (Lipinski definition) is 3. The van der Waals surface area contributed by atoms with E-state index in [1.54, 1.807) is 11.3 Å². The zero-order chi connectivity index (χ0) is 16.8. The van der Waals surface area contributed by atoms with Crippen LogP contribution in [-0.2, 0) is 12.8 Å². The number of aryl methyl sites for hydroxylation is 1. The van der Waals surface area contributed by atoms with Gasteiger partial charge in [0.2, 0.25) is 0 Å². The van der Waals surface area contributed by atoms with Crippen LogP contribution in [0, 0.1) is 5.92 Å². The van der Waals surface area contributed by atoms with E-state index in [4.69, 9.17) is 0 Å². The van der Waals surface area contributed by atoms with Crippen LogP contribution in [0.1, 0.15) is 34.7 Å². The molecule has 0 saturated heterocycles. The van der Waals surface area contributed by atoms with E-state index in [1.807, 2.05) is 13.2 Å². The minimum atomic E-state index is 0. The molecular weight excluding hydrogens is 443 g/mol. The van der Waals surface area contributed by atoms with Gasteiger partial charge in [0.15, 0.2) is 5.96 Å². The molecule has 2 unspecified atom stereocenters. The first-order chi connectivity index (χ1) is 11.8. The Morgan fingerprint density at radius 1 is 1.28 bits per heavy atom. The first-order valence-electron chi connectivity index (χ1n) is 8.73. The summed E-state index contributed by atoms with van der Waals surface area (Å²) >= 11 is 1.81. The van der Waals surface area contributed by atoms with E-state index in [0.29, 0.717) is 5.92 Å². The molecule has 3 rings (SSSR count). The van der Waals surface area contributed by atoms with Crippen molar-refractivity contribution in [2.75, 3.05) is 20.1 Å². The summed E-state index contributed by atoms with van der Waals surface area (Å²) in [6.45, 7) is 4.02. The molecule has 2 atom stereocenters. The van der Waals surface area contributed by atoms with Crippen LogP contribution in [0.3, 0.4) is 0 Å². The Bertz CT molecular complexity index is 671. The van der Waals surface area contributed by atoms with E-state index in [0.717, 1.165) is 37.8 Å². The fraction of sp³-hybridized carbons (Fsp3) is 0.474. The Morgan fingerprint density at radius 3 is 2.76 bits per heavy atom. The van der Waals surface area contributed by atoms with Gasteiger partial charge in [0.1, 0.15) is 0 Å². The Balaban J connectivity index is 0.00000225. The third kappa shape index (κ3) is 5.95. The van der Waals surface area contributed by atoms with Crippen molar-refractivity contribution in [2.45, 2.75) is 32.1 Å². The van der Waals surface area contributed by atoms with Crippen LogP contribution in [0.2, 0.25) is 0 Å². The molecule has 4 nitrogen and oxygen atoms in total. The van der Waals surface area contributed by atoms with Crippen molar-refractivity contribution in [1.29, 1.82) is 0 Å². The minimum absolute atomic E-state index is 0. The maximum atomic E-state index is 4.46. The molecule has 1 fully saturated rings. The Labute approximate surface area is 171 Å². The predicted molar refractivity (Wildman–Crippen MR) is 117 cm³/mol. The molecular formula is C19H27IN4S. The number of rotatable bonds is 7. The fourth-order valence-corrected chi connectivity index (χ4v) is 3.81. The van der Waals surface area contributed by atoms with E-state index in [9.17, 15) is 0 Å². The molecule has 25 heavy (non-hydrogen) atoms. The zero-order valence-corrected chi connectivity index (χ0v) is 18.0. The summed E-state index contributed by atoms with van der Waals surface area (Å²) in [5.41, 5.74) is 1.46. The van der Waals surface area contributed by atoms with Gasteiger partial charge in [-0.15, -0.1) is 35.3 Å². The second-order valence-electron chi connectivity index (χ2n) is 6.22. The fourth-order valence-electron chi connectivity index (χ4n) is 2.94. The van der Waals surface area contributed by atoms with Crippen LogP contribution in [0.5, 0.6) is 0 Å². The molecule has 6 heteroatoms. The van der Waals surface area contributed by atoms with E-state index >= 15 is 0 Å². The second kappa shape index (κ2) is 10.1. The highest BCUT2D eigenvalue weighted by atomic mass is 127. The van der Waals surface area contributed by atoms with Gasteiger partial charge in [-0.25, -0.2) is 4.98 Å². The number of aliphatic imine (C=N–C) groups is 1. The molecule has 1 aromatic carbocycles. The van der Waals surface area contributed by atoms with Crippen LogP contribution >= 0.6 is 35.3 Å². The van der Waals surface area contributed by atoms with Crippen molar-refractivity contribution in [3.05, 3.63) is 52.0 Å². The number of hydrogen-bond donors (Lipinski definition) is 2. The van der Waals surface area contributed by atoms with Gasteiger partial charge in [0, 0.05) is 37.6 Å². The van der Waals surface area contributed by atoms with Crippen LogP contribution in [0.25, 0.3) is 0 Å². The third-order valence-corrected chi connectivity index (χ3v) is 5.69. The van der Waals surface area contributed by atoms with Crippen molar-refractivity contribution in [2.24, 2.45) is 10.9 Å². The van der Waals surface area contributed by atoms with E-state index in [-0.39, 0.29) is 24.0 Å². The van der Waals surface area contributed by atoms with Gasteiger partial charge >= 0.3 is 0 Å². The lowest BCUT2D eigenvalue weighted by atomic mass is 10.1. The van der Waals surface area contributed by atoms with Gasteiger partial charge in [0.25, 0.3) is 0 Å². The molecule has 1 heterocycles. The maximum Gasteiger partial charge on any atom is 0.190 e. The van der Waals surface area contributed by atoms with E-state index in [2.05, 4.69) is 57.9 Å². The topological polar surface area (TPSA) is 49.3 Å². The predicted octanol–water partition coefficient (Wildman–Crippen LogP) is 3.83. The monoisotopic (exact) mass is 470 g/mol. The molecule has 0 amide bonds. The van der Waals surface area contributed by atoms with Crippen LogP contribution < -0.4 is 10.6 Å². The van der Waals surface area contributed by atoms with Crippen LogP contribution in [0.15, 0.2) is 41.5 Å². The lowest BCUT2D eigenvalue weighted by Crippen LogP contribution is -2.39. The molecule has 0 aliphatic heterocycles. The molecule has 1 aromatic heterocycles. The van der Waals surface area contributed by atoms with Crippen LogP contribution in [-0.4, -0.2) is 31.1 Å². The highest BCUT2D eigenvalue weighted by Gasteiger charge is 2.37. The third-order valence-electron chi connectivity index (χ3n) is 4.49. The SMILES string of the molecule is CCc1cnc(CCNC(=NC)NCC2CC2c2ccccc2)s1.I. The summed E-state index contributed by atoms with van der Waals surface area (Å²) in [4.78, 5) is 10.1. The summed E-state index contributed by atoms with van der Waals surface area (Å²) in [6.07, 6.45) is 5.27. The molecule has 1 saturated carbocycles. The van der Waals surface area contributed by atoms with Crippen molar-refractivity contribution >= 4 is 41.3 Å². The van der Waals surface area contributed by atoms with Gasteiger partial charge in [-0.05, 0) is 30.2 Å². The second-order valence-corrected chi connectivity index (χ2v) is 7.42. The average molecular weight is 470 g/mol. The molecule has 136 valence electrons. The number of guanidine groups is 1. The van der Waals surface area contributed by atoms with Gasteiger partial charge in [-0.3, -0.25) is 4.99 Å². The molecule has 1 aliphatic rings. The van der Waals surface area contributed by atoms with Crippen molar-refractivity contribution in [3.8, 4) is 0 Å². The van der Waals surface area contributed by atoms with Gasteiger partial charge < -0.3 is 10.6 Å². The maximum absolute atomic E-state index is 4.46. The zero-order valence-electron chi connectivity index (χ0n) is 14.9. The number of nitrogens with zero attached hydrogens (tertiary/aromatic N) is 2. The standard InChI is InChI=1S/C19H26N4S.HI/c1-3-16-13-22-18(24-16)9-10-21-19(20-2)23-12-15-11-17(15)14-7-5-4-6-8-14;/h4-8,13,15,17H,3,9-12H2,1-2H3,(H2,20,21,23);1H. The van der Waals surface area contributed by atoms with Crippen molar-refractivity contribution in [1.82, 2.24) is 15.6 Å². The quantitative estimate of drug-likeness (QED) is 0.368. The van der Waals surface area contributed by atoms with E-state index in [1.165, 1.54) is 21.9 Å². The largest absolute Gasteiger partial charge is 0.356 e. The first-order valence-corrected chi connectivity index (χ1v) is 9.54. The highest BCUT2D eigenvalue weighted by Crippen LogP contribution is 2.46. The van der Waals surface area contributed by atoms with E-state index < -0.39 is 0 Å². The molecule has 2 N–H and O–H groups in total. The lowest BCUT2D eigenvalue weighted by Gasteiger charge is -2.11. The summed E-state index contributed by atoms with van der Waals surface area (Å²) < 4.78 is 0. The summed E-state index contributed by atoms with van der Waals surface area (Å²) in [7, 11) is 1.83. The number of aromatic nitrogens is 1. The summed E-state index contributed by atoms with van der Waals surface area (Å²) in [5, 5.41) is 8.04. The normalized spacial score (nSPS) is 19.2. The lowest BCUT2D eigenvalue weighted by molar-refractivity contribution is 0.717. The smallest absolute Gasteiger partial charge is 0.190 e. The first kappa shape index (κ1) is 20.2. The molecule has 1 aliphatic carbocycles. The summed E-state index contributed by atoms with van der Waals surface area (Å²) in [5.74, 6) is 2.32. The molecule has 0 spiro atoms. The molecule has 2 aromatic rings. The number of benzene rings is 1. The minimum Gasteiger partial charge on any atom is -0.356 e. The van der Waals surface area contributed by atoms with Gasteiger partial charge in [0.05, 0.1) is 5.01 Å². The Morgan fingerprint density at radius 2 is 2.08 bits per heavy atom. The van der Waals surface area contributed by atoms with Crippen molar-refractivity contribution in [3.63, 3.8) is 0 Å². The van der Waals surface area contributed by atoms with Gasteiger partial charge in [-0.1, -0.05) is 37.3 Å². The van der Waals surface area contributed by atoms with Crippen molar-refractivity contribution < 1.29 is 0 Å². The number of nitrogens with one attached hydrogen (secondary N) is 2. The Kier molecular flexibility index (Phi) is 8.15. The molecule has 0 radical (unpaired) electrons. The molecule has 0 bridgehead atoms. The number of halogens is 1. The Hall–Kier alpha value is -1.15. The number of thiazole rings is 1. The van der Waals surface area contributed by atoms with Crippen LogP contribution in [0.4, 0.5) is 0 Å². The average Bonchev–Trinajstić information content (AvgIpc) is 3.27. The summed E-state index contributed by atoms with van der Waals surface area (Å²) in [6, 6.07) is 10.8.